The van der Waals surface area contributed by atoms with Crippen molar-refractivity contribution in [1.29, 1.82) is 0 Å². The monoisotopic (exact) mass is 662 g/mol. The molecule has 0 spiro atoms. The van der Waals surface area contributed by atoms with E-state index in [1.165, 1.54) is 57.7 Å². The Bertz CT molecular complexity index is 1890. The van der Waals surface area contributed by atoms with Gasteiger partial charge in [0.25, 0.3) is 0 Å². The fourth-order valence-electron chi connectivity index (χ4n) is 5.54. The van der Waals surface area contributed by atoms with Gasteiger partial charge in [0.1, 0.15) is 12.1 Å². The predicted molar refractivity (Wildman–Crippen MR) is 177 cm³/mol. The van der Waals surface area contributed by atoms with Crippen LogP contribution in [0.2, 0.25) is 0 Å². The van der Waals surface area contributed by atoms with Gasteiger partial charge in [-0.3, -0.25) is 4.57 Å². The van der Waals surface area contributed by atoms with Crippen LogP contribution in [0.25, 0.3) is 22.8 Å². The molecule has 246 valence electrons. The van der Waals surface area contributed by atoms with Crippen LogP contribution in [0.1, 0.15) is 55.5 Å². The largest absolute Gasteiger partial charge is 0.573 e. The number of aromatic nitrogens is 4. The van der Waals surface area contributed by atoms with Gasteiger partial charge < -0.3 is 10.1 Å². The number of nitrogens with one attached hydrogen (secondary N) is 1. The molecule has 2 heterocycles. The molecule has 8 nitrogen and oxygen atoms in total. The molecule has 0 saturated carbocycles. The Balaban J connectivity index is 1.15. The molecule has 2 aromatic heterocycles. The number of aryl methyl sites for hydroxylation is 2. The summed E-state index contributed by atoms with van der Waals surface area (Å²) in [6.07, 6.45) is -1.61. The van der Waals surface area contributed by atoms with E-state index in [9.17, 15) is 18.0 Å². The smallest absolute Gasteiger partial charge is 0.406 e. The molecule has 1 atom stereocenters. The van der Waals surface area contributed by atoms with Crippen molar-refractivity contribution in [3.63, 3.8) is 0 Å². The molecule has 0 radical (unpaired) electrons. The molecule has 0 saturated heterocycles. The number of hydrogen-bond acceptors (Lipinski definition) is 5. The van der Waals surface area contributed by atoms with Gasteiger partial charge in [-0.1, -0.05) is 57.2 Å². The maximum Gasteiger partial charge on any atom is 0.573 e. The topological polar surface area (TPSA) is 86.3 Å². The zero-order valence-corrected chi connectivity index (χ0v) is 27.7. The number of halogens is 3. The molecule has 5 aromatic rings. The van der Waals surface area contributed by atoms with E-state index < -0.39 is 6.36 Å². The minimum Gasteiger partial charge on any atom is -0.406 e. The van der Waals surface area contributed by atoms with Gasteiger partial charge in [-0.2, -0.15) is 4.99 Å². The number of ether oxygens (including phenoxy) is 1. The summed E-state index contributed by atoms with van der Waals surface area (Å²) >= 11 is 1.46. The van der Waals surface area contributed by atoms with Crippen molar-refractivity contribution >= 4 is 17.4 Å². The van der Waals surface area contributed by atoms with E-state index in [1.54, 1.807) is 0 Å². The molecular formula is C35H37F3N6O2S. The Labute approximate surface area is 275 Å². The molecule has 0 bridgehead atoms. The molecular weight excluding hydrogens is 625 g/mol. The number of hydrogen-bond donors (Lipinski definition) is 1. The highest BCUT2D eigenvalue weighted by Gasteiger charge is 2.31. The van der Waals surface area contributed by atoms with Crippen molar-refractivity contribution in [3.8, 4) is 28.5 Å². The Morgan fingerprint density at radius 3 is 2.43 bits per heavy atom. The first-order valence-electron chi connectivity index (χ1n) is 15.3. The summed E-state index contributed by atoms with van der Waals surface area (Å²) in [6.45, 7) is 11.1. The van der Waals surface area contributed by atoms with Gasteiger partial charge in [-0.15, -0.1) is 29.6 Å². The van der Waals surface area contributed by atoms with Gasteiger partial charge in [-0.25, -0.2) is 14.5 Å². The highest BCUT2D eigenvalue weighted by atomic mass is 32.1. The third-order valence-corrected chi connectivity index (χ3v) is 8.68. The van der Waals surface area contributed by atoms with Gasteiger partial charge in [0.05, 0.1) is 11.4 Å². The zero-order valence-electron chi connectivity index (χ0n) is 26.9. The SMILES string of the molecule is Cc1cccc(-n2c(C)cs/c2=N\C(=O)NCCC(C)Cc2ccc(-c3ncn(-c4ccc(OC(F)(F)F)cc4)n3)cc2)c1C(C)C. The molecule has 5 rings (SSSR count). The zero-order chi connectivity index (χ0) is 33.7. The molecule has 2 amide bonds. The van der Waals surface area contributed by atoms with Crippen LogP contribution in [0.15, 0.2) is 83.4 Å². The van der Waals surface area contributed by atoms with Crippen LogP contribution in [0.3, 0.4) is 0 Å². The first kappa shape index (κ1) is 33.6. The number of rotatable bonds is 10. The third kappa shape index (κ3) is 8.56. The van der Waals surface area contributed by atoms with Crippen LogP contribution in [-0.2, 0) is 6.42 Å². The number of thiazole rings is 1. The summed E-state index contributed by atoms with van der Waals surface area (Å²) in [5.41, 5.74) is 7.07. The van der Waals surface area contributed by atoms with Gasteiger partial charge in [0, 0.05) is 23.2 Å². The number of carbonyl (C=O) groups excluding carboxylic acids is 1. The van der Waals surface area contributed by atoms with E-state index in [1.807, 2.05) is 42.6 Å². The standard InChI is InChI=1S/C35H37F3N6O2S/c1-22(2)31-24(4)7-6-8-30(31)44-25(5)20-47-34(44)41-33(45)39-18-17-23(3)19-26-9-11-27(12-10-26)32-40-21-43(42-32)28-13-15-29(16-14-28)46-35(36,37)38/h6-16,20-23H,17-19H2,1-5H3,(H,39,45)/b41-34-. The van der Waals surface area contributed by atoms with E-state index >= 15 is 0 Å². The molecule has 0 aliphatic heterocycles. The lowest BCUT2D eigenvalue weighted by Gasteiger charge is -2.17. The van der Waals surface area contributed by atoms with Crippen LogP contribution >= 0.6 is 11.3 Å². The summed E-state index contributed by atoms with van der Waals surface area (Å²) in [5.74, 6) is 0.843. The number of carbonyl (C=O) groups is 1. The molecule has 0 aliphatic rings. The third-order valence-electron chi connectivity index (χ3n) is 7.73. The fourth-order valence-corrected chi connectivity index (χ4v) is 6.41. The van der Waals surface area contributed by atoms with E-state index in [0.717, 1.165) is 35.3 Å². The summed E-state index contributed by atoms with van der Waals surface area (Å²) in [4.78, 5) is 22.2. The lowest BCUT2D eigenvalue weighted by Crippen LogP contribution is -2.26. The van der Waals surface area contributed by atoms with Crippen molar-refractivity contribution in [2.75, 3.05) is 6.54 Å². The first-order chi connectivity index (χ1) is 22.4. The van der Waals surface area contributed by atoms with Crippen molar-refractivity contribution in [3.05, 3.63) is 106 Å². The van der Waals surface area contributed by atoms with Crippen LogP contribution in [0.4, 0.5) is 18.0 Å². The van der Waals surface area contributed by atoms with Gasteiger partial charge in [0.15, 0.2) is 10.6 Å². The summed E-state index contributed by atoms with van der Waals surface area (Å²) in [6, 6.07) is 19.2. The van der Waals surface area contributed by atoms with E-state index in [4.69, 9.17) is 0 Å². The molecule has 12 heteroatoms. The maximum atomic E-state index is 12.8. The molecule has 0 aliphatic carbocycles. The predicted octanol–water partition coefficient (Wildman–Crippen LogP) is 8.30. The second-order valence-corrected chi connectivity index (χ2v) is 12.7. The number of amides is 2. The van der Waals surface area contributed by atoms with Crippen LogP contribution in [-0.4, -0.2) is 38.3 Å². The lowest BCUT2D eigenvalue weighted by atomic mass is 9.96. The van der Waals surface area contributed by atoms with Crippen molar-refractivity contribution < 1.29 is 22.7 Å². The van der Waals surface area contributed by atoms with Gasteiger partial charge in [0.2, 0.25) is 0 Å². The van der Waals surface area contributed by atoms with Crippen LogP contribution in [0.5, 0.6) is 5.75 Å². The fraction of sp³-hybridized carbons (Fsp3) is 0.314. The average Bonchev–Trinajstić information content (AvgIpc) is 3.64. The highest BCUT2D eigenvalue weighted by Crippen LogP contribution is 2.27. The molecule has 0 fully saturated rings. The maximum absolute atomic E-state index is 12.8. The Hall–Kier alpha value is -4.71. The Morgan fingerprint density at radius 1 is 1.02 bits per heavy atom. The van der Waals surface area contributed by atoms with Crippen molar-refractivity contribution in [1.82, 2.24) is 24.6 Å². The minimum absolute atomic E-state index is 0.302. The summed E-state index contributed by atoms with van der Waals surface area (Å²) < 4.78 is 44.8. The van der Waals surface area contributed by atoms with Crippen molar-refractivity contribution in [2.24, 2.45) is 10.9 Å². The molecule has 47 heavy (non-hydrogen) atoms. The molecule has 1 unspecified atom stereocenters. The lowest BCUT2D eigenvalue weighted by molar-refractivity contribution is -0.274. The Morgan fingerprint density at radius 2 is 1.74 bits per heavy atom. The molecule has 3 aromatic carbocycles. The average molecular weight is 663 g/mol. The number of nitrogens with zero attached hydrogens (tertiary/aromatic N) is 5. The van der Waals surface area contributed by atoms with E-state index in [2.05, 4.69) is 69.5 Å². The molecule has 1 N–H and O–H groups in total. The first-order valence-corrected chi connectivity index (χ1v) is 16.2. The van der Waals surface area contributed by atoms with Crippen molar-refractivity contribution in [2.45, 2.75) is 59.7 Å². The quantitative estimate of drug-likeness (QED) is 0.163. The highest BCUT2D eigenvalue weighted by molar-refractivity contribution is 7.07. The number of alkyl halides is 3. The van der Waals surface area contributed by atoms with Gasteiger partial charge in [-0.05, 0) is 85.5 Å². The summed E-state index contributed by atoms with van der Waals surface area (Å²) in [5, 5.41) is 9.44. The van der Waals surface area contributed by atoms with E-state index in [0.29, 0.717) is 34.7 Å². The van der Waals surface area contributed by atoms with Gasteiger partial charge >= 0.3 is 12.4 Å². The van der Waals surface area contributed by atoms with E-state index in [-0.39, 0.29) is 11.8 Å². The summed E-state index contributed by atoms with van der Waals surface area (Å²) in [7, 11) is 0. The van der Waals surface area contributed by atoms with Crippen LogP contribution < -0.4 is 14.9 Å². The Kier molecular flexibility index (Phi) is 10.3. The second kappa shape index (κ2) is 14.4. The second-order valence-electron chi connectivity index (χ2n) is 11.9. The minimum atomic E-state index is -4.74. The normalized spacial score (nSPS) is 12.8. The van der Waals surface area contributed by atoms with Crippen LogP contribution in [0, 0.1) is 19.8 Å². The number of urea groups is 1. The number of benzene rings is 3.